The maximum atomic E-state index is 15.3. The molecule has 0 radical (unpaired) electrons. The Morgan fingerprint density at radius 1 is 1.11 bits per heavy atom. The van der Waals surface area contributed by atoms with E-state index in [9.17, 15) is 14.7 Å². The first-order chi connectivity index (χ1) is 17.8. The van der Waals surface area contributed by atoms with Gasteiger partial charge in [-0.05, 0) is 23.8 Å². The van der Waals surface area contributed by atoms with Crippen LogP contribution in [0.1, 0.15) is 27.9 Å². The van der Waals surface area contributed by atoms with Crippen LogP contribution in [0.3, 0.4) is 0 Å². The topological polar surface area (TPSA) is 78.9 Å². The molecule has 1 aliphatic heterocycles. The van der Waals surface area contributed by atoms with Gasteiger partial charge < -0.3 is 20.1 Å². The van der Waals surface area contributed by atoms with Crippen LogP contribution in [0.2, 0.25) is 0 Å². The van der Waals surface area contributed by atoms with Crippen LogP contribution in [-0.4, -0.2) is 46.6 Å². The van der Waals surface area contributed by atoms with Crippen molar-refractivity contribution in [1.82, 2.24) is 10.2 Å². The van der Waals surface area contributed by atoms with Crippen molar-refractivity contribution in [3.05, 3.63) is 106 Å². The van der Waals surface area contributed by atoms with Crippen molar-refractivity contribution in [2.75, 3.05) is 19.7 Å². The number of likely N-dealkylation sites (tertiary alicyclic amines) is 1. The number of thiocarbonyl (C=S) groups is 1. The molecule has 1 saturated heterocycles. The summed E-state index contributed by atoms with van der Waals surface area (Å²) in [5.41, 5.74) is 0.291. The first kappa shape index (κ1) is 26.9. The van der Waals surface area contributed by atoms with E-state index in [1.165, 1.54) is 11.0 Å². The molecule has 0 aliphatic carbocycles. The summed E-state index contributed by atoms with van der Waals surface area (Å²) in [6.45, 7) is -0.177. The monoisotopic (exact) mass is 584 g/mol. The van der Waals surface area contributed by atoms with E-state index < -0.39 is 23.4 Å². The fourth-order valence-corrected chi connectivity index (χ4v) is 5.27. The van der Waals surface area contributed by atoms with Gasteiger partial charge in [0.25, 0.3) is 0 Å². The van der Waals surface area contributed by atoms with Crippen molar-refractivity contribution in [1.29, 1.82) is 0 Å². The van der Waals surface area contributed by atoms with E-state index in [2.05, 4.69) is 21.2 Å². The number of nitrogens with one attached hydrogen (secondary N) is 1. The number of amides is 1. The van der Waals surface area contributed by atoms with Crippen LogP contribution in [0.25, 0.3) is 0 Å². The minimum Gasteiger partial charge on any atom is -0.445 e. The zero-order valence-electron chi connectivity index (χ0n) is 19.9. The molecule has 37 heavy (non-hydrogen) atoms. The summed E-state index contributed by atoms with van der Waals surface area (Å²) in [6, 6.07) is 22.5. The molecule has 0 aromatic heterocycles. The third-order valence-electron chi connectivity index (χ3n) is 6.45. The Labute approximate surface area is 228 Å². The van der Waals surface area contributed by atoms with Crippen LogP contribution in [-0.2, 0) is 16.9 Å². The summed E-state index contributed by atoms with van der Waals surface area (Å²) in [5, 5.41) is 13.5. The predicted octanol–water partition coefficient (Wildman–Crippen LogP) is 5.23. The first-order valence-electron chi connectivity index (χ1n) is 11.7. The highest BCUT2D eigenvalue weighted by Gasteiger charge is 2.51. The van der Waals surface area contributed by atoms with Crippen LogP contribution in [0.5, 0.6) is 0 Å². The van der Waals surface area contributed by atoms with E-state index in [-0.39, 0.29) is 49.1 Å². The van der Waals surface area contributed by atoms with Gasteiger partial charge in [-0.2, -0.15) is 0 Å². The number of ether oxygens (including phenoxy) is 1. The Bertz CT molecular complexity index is 1280. The molecule has 0 bridgehead atoms. The molecule has 3 aromatic rings. The number of hydrogen-bond donors (Lipinski definition) is 2. The van der Waals surface area contributed by atoms with Crippen LogP contribution in [0.4, 0.5) is 9.18 Å². The van der Waals surface area contributed by atoms with Crippen LogP contribution in [0, 0.1) is 11.7 Å². The fraction of sp³-hybridized carbons (Fsp3) is 0.250. The summed E-state index contributed by atoms with van der Waals surface area (Å²) in [7, 11) is 0. The number of hydrogen-bond acceptors (Lipinski definition) is 5. The average molecular weight is 585 g/mol. The Kier molecular flexibility index (Phi) is 8.68. The Hall–Kier alpha value is -3.14. The molecule has 3 aromatic carbocycles. The second kappa shape index (κ2) is 11.9. The van der Waals surface area contributed by atoms with E-state index in [1.54, 1.807) is 36.4 Å². The normalized spacial score (nSPS) is 18.9. The average Bonchev–Trinajstić information content (AvgIpc) is 3.28. The van der Waals surface area contributed by atoms with Crippen molar-refractivity contribution in [3.8, 4) is 0 Å². The molecule has 192 valence electrons. The number of ketones is 1. The van der Waals surface area contributed by atoms with Gasteiger partial charge in [0.1, 0.15) is 12.4 Å². The molecule has 0 spiro atoms. The number of aliphatic hydroxyl groups is 1. The van der Waals surface area contributed by atoms with E-state index in [4.69, 9.17) is 17.0 Å². The maximum Gasteiger partial charge on any atom is 0.410 e. The van der Waals surface area contributed by atoms with E-state index in [0.717, 1.165) is 5.56 Å². The minimum atomic E-state index is -1.28. The number of nitrogens with zero attached hydrogens (tertiary/aromatic N) is 1. The molecule has 2 N–H and O–H groups in total. The molecular weight excluding hydrogens is 559 g/mol. The fourth-order valence-electron chi connectivity index (χ4n) is 4.60. The number of benzene rings is 3. The highest BCUT2D eigenvalue weighted by Crippen LogP contribution is 2.40. The van der Waals surface area contributed by atoms with Gasteiger partial charge in [0.15, 0.2) is 5.78 Å². The molecule has 2 atom stereocenters. The van der Waals surface area contributed by atoms with Gasteiger partial charge in [-0.25, -0.2) is 9.18 Å². The number of halogens is 2. The lowest BCUT2D eigenvalue weighted by Crippen LogP contribution is -2.53. The lowest BCUT2D eigenvalue weighted by atomic mass is 9.80. The molecule has 4 rings (SSSR count). The van der Waals surface area contributed by atoms with Crippen molar-refractivity contribution >= 4 is 45.0 Å². The summed E-state index contributed by atoms with van der Waals surface area (Å²) in [5.74, 6) is -1.34. The molecule has 1 aliphatic rings. The van der Waals surface area contributed by atoms with Gasteiger partial charge in [0, 0.05) is 28.1 Å². The quantitative estimate of drug-likeness (QED) is 0.279. The third kappa shape index (κ3) is 6.23. The Balaban J connectivity index is 1.60. The summed E-state index contributed by atoms with van der Waals surface area (Å²) in [4.78, 5) is 27.4. The van der Waals surface area contributed by atoms with Crippen molar-refractivity contribution < 1.29 is 23.8 Å². The maximum absolute atomic E-state index is 15.3. The smallest absolute Gasteiger partial charge is 0.410 e. The number of carbonyl (C=O) groups excluding carboxylic acids is 2. The number of Topliss-reactive ketones (excluding diaryl/α,β-unsaturated/α-hetero) is 1. The lowest BCUT2D eigenvalue weighted by Gasteiger charge is -2.37. The van der Waals surface area contributed by atoms with Crippen molar-refractivity contribution in [2.24, 2.45) is 5.92 Å². The van der Waals surface area contributed by atoms with Crippen LogP contribution < -0.4 is 5.32 Å². The van der Waals surface area contributed by atoms with Gasteiger partial charge in [0.2, 0.25) is 0 Å². The highest BCUT2D eigenvalue weighted by atomic mass is 79.9. The minimum absolute atomic E-state index is 0.0150. The van der Waals surface area contributed by atoms with Gasteiger partial charge in [-0.3, -0.25) is 4.79 Å². The molecule has 1 fully saturated rings. The number of rotatable bonds is 8. The van der Waals surface area contributed by atoms with Gasteiger partial charge in [0.05, 0.1) is 30.1 Å². The number of carbonyl (C=O) groups is 2. The molecular formula is C28H26BrFN2O4S. The van der Waals surface area contributed by atoms with E-state index >= 15 is 4.39 Å². The first-order valence-corrected chi connectivity index (χ1v) is 12.9. The zero-order valence-corrected chi connectivity index (χ0v) is 22.3. The SMILES string of the molecule is O=C(CC(=S)NC1(c2cc(Br)ccc2F)CN(C(=O)OCc2ccccc2)CC1CO)c1ccccc1. The largest absolute Gasteiger partial charge is 0.445 e. The van der Waals surface area contributed by atoms with E-state index in [0.29, 0.717) is 10.0 Å². The van der Waals surface area contributed by atoms with Crippen molar-refractivity contribution in [2.45, 2.75) is 18.6 Å². The third-order valence-corrected chi connectivity index (χ3v) is 7.19. The second-order valence-corrected chi connectivity index (χ2v) is 10.3. The number of aliphatic hydroxyl groups excluding tert-OH is 1. The summed E-state index contributed by atoms with van der Waals surface area (Å²) >= 11 is 8.94. The molecule has 6 nitrogen and oxygen atoms in total. The summed E-state index contributed by atoms with van der Waals surface area (Å²) in [6.07, 6.45) is -0.694. The summed E-state index contributed by atoms with van der Waals surface area (Å²) < 4.78 is 21.4. The molecule has 1 heterocycles. The standard InChI is InChI=1S/C28H26BrFN2O4S/c29-22-11-12-24(30)23(13-22)28(31-26(37)14-25(34)20-9-5-2-6-10-20)18-32(15-21(28)16-33)27(35)36-17-19-7-3-1-4-8-19/h1-13,21,33H,14-18H2,(H,31,37). The van der Waals surface area contributed by atoms with Crippen LogP contribution in [0.15, 0.2) is 83.3 Å². The van der Waals surface area contributed by atoms with Crippen molar-refractivity contribution in [3.63, 3.8) is 0 Å². The Morgan fingerprint density at radius 3 is 2.46 bits per heavy atom. The van der Waals surface area contributed by atoms with Gasteiger partial charge in [-0.1, -0.05) is 88.8 Å². The Morgan fingerprint density at radius 2 is 1.78 bits per heavy atom. The highest BCUT2D eigenvalue weighted by molar-refractivity contribution is 9.10. The van der Waals surface area contributed by atoms with Gasteiger partial charge >= 0.3 is 6.09 Å². The zero-order chi connectivity index (χ0) is 26.4. The molecule has 2 unspecified atom stereocenters. The van der Waals surface area contributed by atoms with E-state index in [1.807, 2.05) is 36.4 Å². The second-order valence-electron chi connectivity index (χ2n) is 8.91. The molecule has 1 amide bonds. The van der Waals surface area contributed by atoms with Gasteiger partial charge in [-0.15, -0.1) is 0 Å². The van der Waals surface area contributed by atoms with Crippen LogP contribution >= 0.6 is 28.1 Å². The molecule has 0 saturated carbocycles. The lowest BCUT2D eigenvalue weighted by molar-refractivity contribution is 0.0991. The molecule has 9 heteroatoms. The predicted molar refractivity (Wildman–Crippen MR) is 146 cm³/mol.